The third kappa shape index (κ3) is 3.00. The second-order valence-electron chi connectivity index (χ2n) is 4.31. The van der Waals surface area contributed by atoms with Crippen LogP contribution in [-0.2, 0) is 6.42 Å². The standard InChI is InChI=1S/C13H14N4O3/c1-9-3-2-4-11(17(19)20)12(9)13(18)15-6-5-10-7-14-8-16-10/h2-4,7-8H,5-6H2,1H3,(H,14,16)(H,15,18). The van der Waals surface area contributed by atoms with Gasteiger partial charge in [-0.3, -0.25) is 14.9 Å². The summed E-state index contributed by atoms with van der Waals surface area (Å²) in [5.41, 5.74) is 1.41. The van der Waals surface area contributed by atoms with Crippen molar-refractivity contribution in [2.45, 2.75) is 13.3 Å². The summed E-state index contributed by atoms with van der Waals surface area (Å²) in [5.74, 6) is -0.436. The molecule has 0 spiro atoms. The number of aromatic nitrogens is 2. The van der Waals surface area contributed by atoms with Crippen molar-refractivity contribution >= 4 is 11.6 Å². The molecule has 104 valence electrons. The molecule has 0 saturated carbocycles. The zero-order chi connectivity index (χ0) is 14.5. The first-order valence-electron chi connectivity index (χ1n) is 6.09. The summed E-state index contributed by atoms with van der Waals surface area (Å²) < 4.78 is 0. The maximum Gasteiger partial charge on any atom is 0.282 e. The fourth-order valence-corrected chi connectivity index (χ4v) is 1.92. The highest BCUT2D eigenvalue weighted by Gasteiger charge is 2.21. The summed E-state index contributed by atoms with van der Waals surface area (Å²) >= 11 is 0. The lowest BCUT2D eigenvalue weighted by Crippen LogP contribution is -2.27. The second kappa shape index (κ2) is 5.96. The lowest BCUT2D eigenvalue weighted by molar-refractivity contribution is -0.385. The Morgan fingerprint density at radius 1 is 1.50 bits per heavy atom. The van der Waals surface area contributed by atoms with Crippen LogP contribution in [0.2, 0.25) is 0 Å². The van der Waals surface area contributed by atoms with E-state index in [0.29, 0.717) is 18.5 Å². The molecule has 0 unspecified atom stereocenters. The van der Waals surface area contributed by atoms with E-state index < -0.39 is 10.8 Å². The third-order valence-electron chi connectivity index (χ3n) is 2.91. The molecule has 2 rings (SSSR count). The number of hydrogen-bond donors (Lipinski definition) is 2. The summed E-state index contributed by atoms with van der Waals surface area (Å²) in [5, 5.41) is 13.6. The number of nitro groups is 1. The summed E-state index contributed by atoms with van der Waals surface area (Å²) in [7, 11) is 0. The van der Waals surface area contributed by atoms with Crippen molar-refractivity contribution in [1.29, 1.82) is 0 Å². The average Bonchev–Trinajstić information content (AvgIpc) is 2.91. The zero-order valence-electron chi connectivity index (χ0n) is 10.9. The molecule has 0 aliphatic heterocycles. The number of nitro benzene ring substituents is 1. The van der Waals surface area contributed by atoms with Gasteiger partial charge in [0.15, 0.2) is 0 Å². The Bertz CT molecular complexity index is 623. The molecule has 7 nitrogen and oxygen atoms in total. The Kier molecular flexibility index (Phi) is 4.09. The minimum absolute atomic E-state index is 0.113. The molecule has 2 N–H and O–H groups in total. The Balaban J connectivity index is 2.07. The highest BCUT2D eigenvalue weighted by molar-refractivity contribution is 5.99. The SMILES string of the molecule is Cc1cccc([N+](=O)[O-])c1C(=O)NCCc1cnc[nH]1. The minimum Gasteiger partial charge on any atom is -0.351 e. The van der Waals surface area contributed by atoms with Gasteiger partial charge in [0, 0.05) is 30.9 Å². The summed E-state index contributed by atoms with van der Waals surface area (Å²) in [6.07, 6.45) is 3.82. The molecule has 1 amide bonds. The molecule has 20 heavy (non-hydrogen) atoms. The van der Waals surface area contributed by atoms with Gasteiger partial charge in [-0.05, 0) is 12.5 Å². The van der Waals surface area contributed by atoms with E-state index in [1.165, 1.54) is 6.07 Å². The van der Waals surface area contributed by atoms with Crippen LogP contribution in [0.15, 0.2) is 30.7 Å². The topological polar surface area (TPSA) is 101 Å². The number of amides is 1. The van der Waals surface area contributed by atoms with E-state index in [4.69, 9.17) is 0 Å². The first-order chi connectivity index (χ1) is 9.59. The van der Waals surface area contributed by atoms with Gasteiger partial charge < -0.3 is 10.3 Å². The van der Waals surface area contributed by atoms with Crippen LogP contribution in [0.1, 0.15) is 21.6 Å². The zero-order valence-corrected chi connectivity index (χ0v) is 10.9. The molecule has 1 heterocycles. The number of nitrogens with one attached hydrogen (secondary N) is 2. The summed E-state index contributed by atoms with van der Waals surface area (Å²) in [6.45, 7) is 2.06. The number of carbonyl (C=O) groups excluding carboxylic acids is 1. The van der Waals surface area contributed by atoms with E-state index in [1.54, 1.807) is 31.6 Å². The molecule has 0 radical (unpaired) electrons. The second-order valence-corrected chi connectivity index (χ2v) is 4.31. The van der Waals surface area contributed by atoms with Gasteiger partial charge in [-0.15, -0.1) is 0 Å². The molecule has 1 aromatic carbocycles. The van der Waals surface area contributed by atoms with E-state index in [2.05, 4.69) is 15.3 Å². The van der Waals surface area contributed by atoms with E-state index >= 15 is 0 Å². The van der Waals surface area contributed by atoms with Crippen molar-refractivity contribution in [2.24, 2.45) is 0 Å². The van der Waals surface area contributed by atoms with Crippen molar-refractivity contribution in [3.63, 3.8) is 0 Å². The van der Waals surface area contributed by atoms with Crippen LogP contribution in [0.3, 0.4) is 0 Å². The van der Waals surface area contributed by atoms with Crippen molar-refractivity contribution in [1.82, 2.24) is 15.3 Å². The van der Waals surface area contributed by atoms with Gasteiger partial charge in [0.05, 0.1) is 11.3 Å². The number of aromatic amines is 1. The fraction of sp³-hybridized carbons (Fsp3) is 0.231. The van der Waals surface area contributed by atoms with Crippen LogP contribution in [0, 0.1) is 17.0 Å². The maximum absolute atomic E-state index is 12.1. The Hall–Kier alpha value is -2.70. The van der Waals surface area contributed by atoms with Crippen LogP contribution in [0.5, 0.6) is 0 Å². The smallest absolute Gasteiger partial charge is 0.282 e. The van der Waals surface area contributed by atoms with Crippen molar-refractivity contribution in [3.8, 4) is 0 Å². The molecule has 0 fully saturated rings. The lowest BCUT2D eigenvalue weighted by atomic mass is 10.1. The Morgan fingerprint density at radius 3 is 2.95 bits per heavy atom. The number of aryl methyl sites for hydroxylation is 1. The molecule has 2 aromatic rings. The monoisotopic (exact) mass is 274 g/mol. The highest BCUT2D eigenvalue weighted by Crippen LogP contribution is 2.21. The molecule has 0 bridgehead atoms. The number of H-pyrrole nitrogens is 1. The molecule has 0 saturated heterocycles. The van der Waals surface area contributed by atoms with Crippen LogP contribution < -0.4 is 5.32 Å². The normalized spacial score (nSPS) is 10.2. The molecular weight excluding hydrogens is 260 g/mol. The van der Waals surface area contributed by atoms with Gasteiger partial charge in [-0.1, -0.05) is 12.1 Å². The average molecular weight is 274 g/mol. The van der Waals surface area contributed by atoms with Gasteiger partial charge >= 0.3 is 0 Å². The largest absolute Gasteiger partial charge is 0.351 e. The quantitative estimate of drug-likeness (QED) is 0.638. The molecule has 0 atom stereocenters. The fourth-order valence-electron chi connectivity index (χ4n) is 1.92. The number of benzene rings is 1. The Morgan fingerprint density at radius 2 is 2.30 bits per heavy atom. The number of carbonyl (C=O) groups is 1. The summed E-state index contributed by atoms with van der Waals surface area (Å²) in [4.78, 5) is 29.3. The van der Waals surface area contributed by atoms with Crippen LogP contribution in [0.4, 0.5) is 5.69 Å². The van der Waals surface area contributed by atoms with Crippen LogP contribution in [0.25, 0.3) is 0 Å². The summed E-state index contributed by atoms with van der Waals surface area (Å²) in [6, 6.07) is 4.57. The van der Waals surface area contributed by atoms with E-state index in [9.17, 15) is 14.9 Å². The lowest BCUT2D eigenvalue weighted by Gasteiger charge is -2.07. The van der Waals surface area contributed by atoms with Gasteiger partial charge in [-0.25, -0.2) is 4.98 Å². The first-order valence-corrected chi connectivity index (χ1v) is 6.09. The number of rotatable bonds is 5. The van der Waals surface area contributed by atoms with Crippen LogP contribution >= 0.6 is 0 Å². The van der Waals surface area contributed by atoms with Crippen molar-refractivity contribution < 1.29 is 9.72 Å². The Labute approximate surface area is 115 Å². The molecular formula is C13H14N4O3. The third-order valence-corrected chi connectivity index (χ3v) is 2.91. The molecule has 7 heteroatoms. The van der Waals surface area contributed by atoms with Gasteiger partial charge in [0.2, 0.25) is 0 Å². The minimum atomic E-state index is -0.545. The van der Waals surface area contributed by atoms with Crippen molar-refractivity contribution in [2.75, 3.05) is 6.54 Å². The number of imidazole rings is 1. The van der Waals surface area contributed by atoms with E-state index in [0.717, 1.165) is 5.69 Å². The molecule has 0 aliphatic rings. The first kappa shape index (κ1) is 13.7. The number of hydrogen-bond acceptors (Lipinski definition) is 4. The van der Waals surface area contributed by atoms with Crippen molar-refractivity contribution in [3.05, 3.63) is 57.7 Å². The van der Waals surface area contributed by atoms with E-state index in [-0.39, 0.29) is 11.3 Å². The molecule has 0 aliphatic carbocycles. The predicted octanol–water partition coefficient (Wildman–Crippen LogP) is 1.60. The van der Waals surface area contributed by atoms with E-state index in [1.807, 2.05) is 0 Å². The van der Waals surface area contributed by atoms with Gasteiger partial charge in [0.1, 0.15) is 5.56 Å². The predicted molar refractivity (Wildman–Crippen MR) is 72.5 cm³/mol. The van der Waals surface area contributed by atoms with Crippen LogP contribution in [-0.4, -0.2) is 27.3 Å². The molecule has 1 aromatic heterocycles. The maximum atomic E-state index is 12.1. The van der Waals surface area contributed by atoms with Gasteiger partial charge in [-0.2, -0.15) is 0 Å². The van der Waals surface area contributed by atoms with Gasteiger partial charge in [0.25, 0.3) is 11.6 Å². The number of nitrogens with zero attached hydrogens (tertiary/aromatic N) is 2. The highest BCUT2D eigenvalue weighted by atomic mass is 16.6.